The van der Waals surface area contributed by atoms with Gasteiger partial charge in [0.1, 0.15) is 0 Å². The normalized spacial score (nSPS) is 10.8. The van der Waals surface area contributed by atoms with Crippen molar-refractivity contribution in [2.24, 2.45) is 0 Å². The molecule has 1 N–H and O–H groups in total. The van der Waals surface area contributed by atoms with Gasteiger partial charge in [0.2, 0.25) is 5.91 Å². The molecule has 2 rings (SSSR count). The van der Waals surface area contributed by atoms with E-state index in [1.807, 2.05) is 30.8 Å². The molecule has 0 saturated heterocycles. The summed E-state index contributed by atoms with van der Waals surface area (Å²) in [5, 5.41) is 11.4. The fraction of sp³-hybridized carbons (Fsp3) is 0.462. The second kappa shape index (κ2) is 6.69. The predicted molar refractivity (Wildman–Crippen MR) is 79.0 cm³/mol. The zero-order chi connectivity index (χ0) is 14.5. The summed E-state index contributed by atoms with van der Waals surface area (Å²) in [5.41, 5.74) is 1.94. The second-order valence-electron chi connectivity index (χ2n) is 4.50. The summed E-state index contributed by atoms with van der Waals surface area (Å²) in [6, 6.07) is 1.93. The Kier molecular flexibility index (Phi) is 4.94. The molecular weight excluding hydrogens is 322 g/mol. The molecular formula is C13H18BrN5O. The molecule has 2 aromatic rings. The molecule has 7 heteroatoms. The quantitative estimate of drug-likeness (QED) is 0.873. The van der Waals surface area contributed by atoms with Gasteiger partial charge in [-0.2, -0.15) is 10.2 Å². The van der Waals surface area contributed by atoms with Crippen molar-refractivity contribution in [1.29, 1.82) is 0 Å². The standard InChI is InChI=1S/C13H18BrN5O/c1-3-19-12(11(14)8-16-19)9-15-13(20)5-7-18-6-4-10(2)17-18/h4,6,8H,3,5,7,9H2,1-2H3,(H,15,20). The molecule has 0 bridgehead atoms. The average molecular weight is 340 g/mol. The Bertz CT molecular complexity index is 589. The molecule has 1 amide bonds. The first kappa shape index (κ1) is 14.8. The summed E-state index contributed by atoms with van der Waals surface area (Å²) in [4.78, 5) is 11.8. The highest BCUT2D eigenvalue weighted by Crippen LogP contribution is 2.15. The highest BCUT2D eigenvalue weighted by atomic mass is 79.9. The van der Waals surface area contributed by atoms with Crippen LogP contribution in [0.25, 0.3) is 0 Å². The van der Waals surface area contributed by atoms with Gasteiger partial charge in [-0.15, -0.1) is 0 Å². The molecule has 0 fully saturated rings. The summed E-state index contributed by atoms with van der Waals surface area (Å²) >= 11 is 3.44. The summed E-state index contributed by atoms with van der Waals surface area (Å²) in [5.74, 6) is 0.00825. The number of hydrogen-bond acceptors (Lipinski definition) is 3. The molecule has 0 saturated carbocycles. The number of hydrogen-bond donors (Lipinski definition) is 1. The van der Waals surface area contributed by atoms with Crippen molar-refractivity contribution in [2.45, 2.75) is 39.9 Å². The third kappa shape index (κ3) is 3.69. The van der Waals surface area contributed by atoms with Crippen molar-refractivity contribution in [3.63, 3.8) is 0 Å². The van der Waals surface area contributed by atoms with Gasteiger partial charge in [0.05, 0.1) is 28.6 Å². The Balaban J connectivity index is 1.81. The van der Waals surface area contributed by atoms with Gasteiger partial charge < -0.3 is 5.32 Å². The zero-order valence-electron chi connectivity index (χ0n) is 11.6. The number of carbonyl (C=O) groups excluding carboxylic acids is 1. The maximum Gasteiger partial charge on any atom is 0.222 e. The fourth-order valence-corrected chi connectivity index (χ4v) is 2.35. The lowest BCUT2D eigenvalue weighted by molar-refractivity contribution is -0.121. The van der Waals surface area contributed by atoms with Crippen LogP contribution in [0.2, 0.25) is 0 Å². The van der Waals surface area contributed by atoms with Crippen molar-refractivity contribution in [2.75, 3.05) is 0 Å². The van der Waals surface area contributed by atoms with Gasteiger partial charge in [0, 0.05) is 25.7 Å². The molecule has 108 valence electrons. The second-order valence-corrected chi connectivity index (χ2v) is 5.36. The van der Waals surface area contributed by atoms with Crippen molar-refractivity contribution >= 4 is 21.8 Å². The minimum Gasteiger partial charge on any atom is -0.350 e. The van der Waals surface area contributed by atoms with Crippen molar-refractivity contribution in [1.82, 2.24) is 24.9 Å². The summed E-state index contributed by atoms with van der Waals surface area (Å²) in [6.07, 6.45) is 4.04. The fourth-order valence-electron chi connectivity index (χ4n) is 1.91. The molecule has 0 spiro atoms. The Morgan fingerprint density at radius 2 is 2.30 bits per heavy atom. The maximum absolute atomic E-state index is 11.8. The van der Waals surface area contributed by atoms with E-state index in [-0.39, 0.29) is 5.91 Å². The van der Waals surface area contributed by atoms with Crippen LogP contribution in [0.3, 0.4) is 0 Å². The van der Waals surface area contributed by atoms with E-state index in [1.165, 1.54) is 0 Å². The lowest BCUT2D eigenvalue weighted by Gasteiger charge is -2.08. The minimum atomic E-state index is 0.00825. The van der Waals surface area contributed by atoms with E-state index in [2.05, 4.69) is 31.4 Å². The lowest BCUT2D eigenvalue weighted by Crippen LogP contribution is -2.25. The van der Waals surface area contributed by atoms with Crippen LogP contribution in [-0.4, -0.2) is 25.5 Å². The monoisotopic (exact) mass is 339 g/mol. The van der Waals surface area contributed by atoms with Crippen molar-refractivity contribution < 1.29 is 4.79 Å². The van der Waals surface area contributed by atoms with Crippen molar-refractivity contribution in [3.05, 3.63) is 34.3 Å². The lowest BCUT2D eigenvalue weighted by atomic mass is 10.3. The van der Waals surface area contributed by atoms with Gasteiger partial charge in [-0.1, -0.05) is 0 Å². The van der Waals surface area contributed by atoms with Crippen LogP contribution in [0.5, 0.6) is 0 Å². The number of aryl methyl sites for hydroxylation is 3. The molecule has 0 aliphatic rings. The largest absolute Gasteiger partial charge is 0.350 e. The number of halogens is 1. The molecule has 0 aliphatic heterocycles. The van der Waals surface area contributed by atoms with E-state index in [0.29, 0.717) is 19.5 Å². The van der Waals surface area contributed by atoms with Gasteiger partial charge in [0.15, 0.2) is 0 Å². The molecule has 2 aromatic heterocycles. The molecule has 0 atom stereocenters. The van der Waals surface area contributed by atoms with Crippen LogP contribution in [0.1, 0.15) is 24.7 Å². The van der Waals surface area contributed by atoms with E-state index >= 15 is 0 Å². The van der Waals surface area contributed by atoms with Crippen molar-refractivity contribution in [3.8, 4) is 0 Å². The highest BCUT2D eigenvalue weighted by Gasteiger charge is 2.09. The maximum atomic E-state index is 11.8. The predicted octanol–water partition coefficient (Wildman–Crippen LogP) is 1.88. The van der Waals surface area contributed by atoms with Crippen LogP contribution in [0.15, 0.2) is 22.9 Å². The Labute approximate surface area is 126 Å². The molecule has 6 nitrogen and oxygen atoms in total. The van der Waals surface area contributed by atoms with E-state index in [1.54, 1.807) is 10.9 Å². The third-order valence-electron chi connectivity index (χ3n) is 2.99. The Morgan fingerprint density at radius 1 is 1.50 bits per heavy atom. The number of rotatable bonds is 6. The Hall–Kier alpha value is -1.63. The van der Waals surface area contributed by atoms with E-state index < -0.39 is 0 Å². The van der Waals surface area contributed by atoms with E-state index in [9.17, 15) is 4.79 Å². The average Bonchev–Trinajstić information content (AvgIpc) is 3.00. The summed E-state index contributed by atoms with van der Waals surface area (Å²) in [6.45, 7) is 5.80. The van der Waals surface area contributed by atoms with E-state index in [4.69, 9.17) is 0 Å². The molecule has 0 aliphatic carbocycles. The third-order valence-corrected chi connectivity index (χ3v) is 3.65. The Morgan fingerprint density at radius 3 is 2.95 bits per heavy atom. The topological polar surface area (TPSA) is 64.7 Å². The number of aromatic nitrogens is 4. The molecule has 2 heterocycles. The summed E-state index contributed by atoms with van der Waals surface area (Å²) in [7, 11) is 0. The highest BCUT2D eigenvalue weighted by molar-refractivity contribution is 9.10. The van der Waals surface area contributed by atoms with Gasteiger partial charge >= 0.3 is 0 Å². The van der Waals surface area contributed by atoms with Crippen LogP contribution in [0, 0.1) is 6.92 Å². The first-order valence-corrected chi connectivity index (χ1v) is 7.36. The van der Waals surface area contributed by atoms with Gasteiger partial charge in [-0.05, 0) is 35.8 Å². The molecule has 0 unspecified atom stereocenters. The zero-order valence-corrected chi connectivity index (χ0v) is 13.2. The first-order valence-electron chi connectivity index (χ1n) is 6.57. The van der Waals surface area contributed by atoms with Gasteiger partial charge in [-0.25, -0.2) is 0 Å². The van der Waals surface area contributed by atoms with Crippen LogP contribution in [-0.2, 0) is 24.4 Å². The number of nitrogens with zero attached hydrogens (tertiary/aromatic N) is 4. The number of nitrogens with one attached hydrogen (secondary N) is 1. The minimum absolute atomic E-state index is 0.00825. The summed E-state index contributed by atoms with van der Waals surface area (Å²) < 4.78 is 4.56. The van der Waals surface area contributed by atoms with Gasteiger partial charge in [0.25, 0.3) is 0 Å². The number of amides is 1. The van der Waals surface area contributed by atoms with Crippen LogP contribution >= 0.6 is 15.9 Å². The molecule has 20 heavy (non-hydrogen) atoms. The smallest absolute Gasteiger partial charge is 0.222 e. The van der Waals surface area contributed by atoms with Crippen LogP contribution in [0.4, 0.5) is 0 Å². The molecule has 0 radical (unpaired) electrons. The first-order chi connectivity index (χ1) is 9.60. The van der Waals surface area contributed by atoms with E-state index in [0.717, 1.165) is 22.4 Å². The molecule has 0 aromatic carbocycles. The van der Waals surface area contributed by atoms with Gasteiger partial charge in [-0.3, -0.25) is 14.2 Å². The van der Waals surface area contributed by atoms with Crippen LogP contribution < -0.4 is 5.32 Å². The SMILES string of the molecule is CCn1ncc(Br)c1CNC(=O)CCn1ccc(C)n1. The number of carbonyl (C=O) groups is 1.